The Balaban J connectivity index is 1.74. The number of nitrogens with zero attached hydrogens (tertiary/aromatic N) is 4. The molecule has 1 aliphatic heterocycles. The summed E-state index contributed by atoms with van der Waals surface area (Å²) in [4.78, 5) is 37.2. The third-order valence-corrected chi connectivity index (χ3v) is 6.91. The number of aryl methyl sites for hydroxylation is 3. The number of methoxy groups -OCH3 is 1. The van der Waals surface area contributed by atoms with Gasteiger partial charge in [-0.25, -0.2) is 9.97 Å². The maximum Gasteiger partial charge on any atom is 0.290 e. The number of imidazole rings is 1. The molecule has 1 aromatic carbocycles. The van der Waals surface area contributed by atoms with Crippen LogP contribution in [-0.2, 0) is 11.3 Å². The second kappa shape index (κ2) is 10.3. The van der Waals surface area contributed by atoms with Crippen LogP contribution in [0.1, 0.15) is 45.3 Å². The number of carbonyl (C=O) groups is 2. The van der Waals surface area contributed by atoms with E-state index in [4.69, 9.17) is 9.47 Å². The highest BCUT2D eigenvalue weighted by molar-refractivity contribution is 7.14. The van der Waals surface area contributed by atoms with Crippen LogP contribution in [0.4, 0.5) is 0 Å². The molecule has 9 nitrogen and oxygen atoms in total. The first-order chi connectivity index (χ1) is 16.8. The Kier molecular flexibility index (Phi) is 7.20. The molecule has 184 valence electrons. The van der Waals surface area contributed by atoms with Gasteiger partial charge in [0.1, 0.15) is 0 Å². The highest BCUT2D eigenvalue weighted by Crippen LogP contribution is 2.42. The molecule has 0 saturated heterocycles. The number of aromatic nitrogens is 3. The molecule has 0 spiro atoms. The summed E-state index contributed by atoms with van der Waals surface area (Å²) in [6.45, 7) is 6.88. The monoisotopic (exact) mass is 496 g/mol. The van der Waals surface area contributed by atoms with Gasteiger partial charge in [0.05, 0.1) is 47.2 Å². The number of ketones is 1. The van der Waals surface area contributed by atoms with Crippen molar-refractivity contribution < 1.29 is 24.2 Å². The second-order valence-electron chi connectivity index (χ2n) is 8.14. The van der Waals surface area contributed by atoms with E-state index in [-0.39, 0.29) is 5.57 Å². The van der Waals surface area contributed by atoms with Crippen LogP contribution in [0.25, 0.3) is 0 Å². The zero-order chi connectivity index (χ0) is 25.1. The molecule has 0 bridgehead atoms. The largest absolute Gasteiger partial charge is 0.503 e. The minimum atomic E-state index is -0.774. The number of rotatable bonds is 10. The fourth-order valence-corrected chi connectivity index (χ4v) is 5.17. The van der Waals surface area contributed by atoms with Gasteiger partial charge < -0.3 is 24.0 Å². The van der Waals surface area contributed by atoms with Gasteiger partial charge in [-0.3, -0.25) is 9.59 Å². The Labute approximate surface area is 207 Å². The van der Waals surface area contributed by atoms with Crippen molar-refractivity contribution in [1.82, 2.24) is 19.4 Å². The number of hydrogen-bond acceptors (Lipinski definition) is 8. The van der Waals surface area contributed by atoms with Crippen LogP contribution in [0.2, 0.25) is 0 Å². The molecule has 0 saturated carbocycles. The summed E-state index contributed by atoms with van der Waals surface area (Å²) in [6.07, 6.45) is 5.86. The summed E-state index contributed by atoms with van der Waals surface area (Å²) in [5.41, 5.74) is 1.27. The van der Waals surface area contributed by atoms with Crippen LogP contribution in [0.15, 0.2) is 48.3 Å². The Bertz CT molecular complexity index is 1260. The Morgan fingerprint density at radius 2 is 2.03 bits per heavy atom. The maximum absolute atomic E-state index is 13.7. The third kappa shape index (κ3) is 4.79. The molecule has 1 atom stereocenters. The molecule has 2 aromatic heterocycles. The zero-order valence-corrected chi connectivity index (χ0v) is 21.0. The van der Waals surface area contributed by atoms with Crippen LogP contribution in [-0.4, -0.2) is 56.5 Å². The molecule has 1 N–H and O–H groups in total. The van der Waals surface area contributed by atoms with Gasteiger partial charge in [0.25, 0.3) is 5.91 Å². The standard InChI is InChI=1S/C25H28N4O5S/c1-5-34-18-8-7-17(13-19(18)33-4)21-20(22(30)24-15(2)27-16(3)35-24)23(31)25(32)29(21)11-6-10-28-12-9-26-14-28/h7-9,12-14,21,31H,5-6,10-11H2,1-4H3. The van der Waals surface area contributed by atoms with Gasteiger partial charge in [-0.15, -0.1) is 11.3 Å². The molecule has 3 aromatic rings. The van der Waals surface area contributed by atoms with Crippen LogP contribution in [0.5, 0.6) is 11.5 Å². The average molecular weight is 497 g/mol. The minimum absolute atomic E-state index is 0.0515. The van der Waals surface area contributed by atoms with E-state index in [0.717, 1.165) is 5.01 Å². The van der Waals surface area contributed by atoms with Gasteiger partial charge in [0, 0.05) is 25.5 Å². The van der Waals surface area contributed by atoms with Crippen molar-refractivity contribution in [2.45, 2.75) is 39.8 Å². The van der Waals surface area contributed by atoms with Gasteiger partial charge in [0.2, 0.25) is 5.78 Å². The summed E-state index contributed by atoms with van der Waals surface area (Å²) in [6, 6.07) is 4.53. The van der Waals surface area contributed by atoms with Crippen molar-refractivity contribution in [3.63, 3.8) is 0 Å². The minimum Gasteiger partial charge on any atom is -0.503 e. The lowest BCUT2D eigenvalue weighted by molar-refractivity contribution is -0.129. The molecule has 1 amide bonds. The predicted octanol–water partition coefficient (Wildman–Crippen LogP) is 4.03. The molecule has 35 heavy (non-hydrogen) atoms. The highest BCUT2D eigenvalue weighted by atomic mass is 32.1. The van der Waals surface area contributed by atoms with E-state index in [1.807, 2.05) is 24.6 Å². The number of hydrogen-bond donors (Lipinski definition) is 1. The third-order valence-electron chi connectivity index (χ3n) is 5.84. The lowest BCUT2D eigenvalue weighted by Crippen LogP contribution is -2.32. The van der Waals surface area contributed by atoms with E-state index < -0.39 is 23.5 Å². The fraction of sp³-hybridized carbons (Fsp3) is 0.360. The molecule has 0 radical (unpaired) electrons. The second-order valence-corrected chi connectivity index (χ2v) is 9.34. The lowest BCUT2D eigenvalue weighted by Gasteiger charge is -2.27. The van der Waals surface area contributed by atoms with Gasteiger partial charge in [-0.1, -0.05) is 6.07 Å². The number of carbonyl (C=O) groups excluding carboxylic acids is 2. The lowest BCUT2D eigenvalue weighted by atomic mass is 9.94. The number of benzene rings is 1. The van der Waals surface area contributed by atoms with Gasteiger partial charge in [-0.2, -0.15) is 0 Å². The summed E-state index contributed by atoms with van der Waals surface area (Å²) < 4.78 is 13.1. The highest BCUT2D eigenvalue weighted by Gasteiger charge is 2.44. The Hall–Kier alpha value is -3.66. The number of Topliss-reactive ketones (excluding diaryl/α,β-unsaturated/α-hetero) is 1. The first kappa shape index (κ1) is 24.5. The van der Waals surface area contributed by atoms with Gasteiger partial charge in [0.15, 0.2) is 17.3 Å². The smallest absolute Gasteiger partial charge is 0.290 e. The van der Waals surface area contributed by atoms with Crippen molar-refractivity contribution in [2.24, 2.45) is 0 Å². The Morgan fingerprint density at radius 3 is 2.66 bits per heavy atom. The SMILES string of the molecule is CCOc1ccc(C2C(C(=O)c3sc(C)nc3C)=C(O)C(=O)N2CCCn2ccnc2)cc1OC. The summed E-state index contributed by atoms with van der Waals surface area (Å²) >= 11 is 1.25. The first-order valence-corrected chi connectivity index (χ1v) is 12.2. The Morgan fingerprint density at radius 1 is 1.23 bits per heavy atom. The molecule has 0 fully saturated rings. The van der Waals surface area contributed by atoms with Crippen molar-refractivity contribution in [1.29, 1.82) is 0 Å². The molecule has 1 unspecified atom stereocenters. The number of thiazole rings is 1. The van der Waals surface area contributed by atoms with E-state index in [9.17, 15) is 14.7 Å². The topological polar surface area (TPSA) is 107 Å². The molecule has 10 heteroatoms. The van der Waals surface area contributed by atoms with E-state index in [1.165, 1.54) is 23.3 Å². The normalized spacial score (nSPS) is 15.7. The molecular formula is C25H28N4O5S. The van der Waals surface area contributed by atoms with Crippen LogP contribution in [0, 0.1) is 13.8 Å². The van der Waals surface area contributed by atoms with E-state index in [1.54, 1.807) is 37.6 Å². The van der Waals surface area contributed by atoms with Crippen LogP contribution < -0.4 is 9.47 Å². The maximum atomic E-state index is 13.7. The van der Waals surface area contributed by atoms with Crippen LogP contribution in [0.3, 0.4) is 0 Å². The van der Waals surface area contributed by atoms with E-state index in [0.29, 0.717) is 53.8 Å². The first-order valence-electron chi connectivity index (χ1n) is 11.3. The molecule has 4 rings (SSSR count). The fourth-order valence-electron chi connectivity index (χ4n) is 4.30. The molecule has 0 aliphatic carbocycles. The van der Waals surface area contributed by atoms with Crippen molar-refractivity contribution in [3.8, 4) is 11.5 Å². The molecular weight excluding hydrogens is 468 g/mol. The number of aliphatic hydroxyl groups is 1. The number of aliphatic hydroxyl groups excluding tert-OH is 1. The van der Waals surface area contributed by atoms with E-state index >= 15 is 0 Å². The van der Waals surface area contributed by atoms with Gasteiger partial charge in [-0.05, 0) is 44.9 Å². The summed E-state index contributed by atoms with van der Waals surface area (Å²) in [5.74, 6) is -0.450. The zero-order valence-electron chi connectivity index (χ0n) is 20.1. The van der Waals surface area contributed by atoms with Crippen LogP contribution >= 0.6 is 11.3 Å². The molecule has 3 heterocycles. The molecule has 1 aliphatic rings. The number of ether oxygens (including phenoxy) is 2. The number of amides is 1. The summed E-state index contributed by atoms with van der Waals surface area (Å²) in [5, 5.41) is 11.7. The van der Waals surface area contributed by atoms with Crippen molar-refractivity contribution >= 4 is 23.0 Å². The van der Waals surface area contributed by atoms with E-state index in [2.05, 4.69) is 9.97 Å². The average Bonchev–Trinajstić information content (AvgIpc) is 3.54. The quantitative estimate of drug-likeness (QED) is 0.422. The van der Waals surface area contributed by atoms with Gasteiger partial charge >= 0.3 is 0 Å². The predicted molar refractivity (Wildman–Crippen MR) is 131 cm³/mol. The summed E-state index contributed by atoms with van der Waals surface area (Å²) in [7, 11) is 1.53. The van der Waals surface area contributed by atoms with Crippen molar-refractivity contribution in [3.05, 3.63) is 69.4 Å². The van der Waals surface area contributed by atoms with Crippen molar-refractivity contribution in [2.75, 3.05) is 20.3 Å².